The van der Waals surface area contributed by atoms with Crippen LogP contribution in [0.25, 0.3) is 4.85 Å². The van der Waals surface area contributed by atoms with Crippen LogP contribution in [-0.2, 0) is 4.79 Å². The maximum Gasteiger partial charge on any atom is 0.329 e. The number of amides is 3. The zero-order chi connectivity index (χ0) is 13.5. The molecule has 0 aromatic heterocycles. The average Bonchev–Trinajstić information content (AvgIpc) is 2.48. The Kier molecular flexibility index (Phi) is 2.76. The lowest BCUT2D eigenvalue weighted by Gasteiger charge is -2.28. The van der Waals surface area contributed by atoms with E-state index in [1.807, 2.05) is 0 Å². The van der Waals surface area contributed by atoms with Crippen LogP contribution in [0.2, 0.25) is 5.02 Å². The third-order valence-corrected chi connectivity index (χ3v) is 3.15. The van der Waals surface area contributed by atoms with Crippen molar-refractivity contribution >= 4 is 34.9 Å². The summed E-state index contributed by atoms with van der Waals surface area (Å²) < 4.78 is 0. The largest absolute Gasteiger partial charge is 0.329 e. The van der Waals surface area contributed by atoms with Crippen molar-refractivity contribution < 1.29 is 9.59 Å². The molecule has 92 valence electrons. The maximum atomic E-state index is 11.8. The molecule has 0 spiro atoms. The van der Waals surface area contributed by atoms with Gasteiger partial charge in [-0.1, -0.05) is 17.7 Å². The van der Waals surface area contributed by atoms with Crippen LogP contribution < -0.4 is 10.2 Å². The molecule has 2 rings (SSSR count). The Hall–Kier alpha value is -2.06. The Morgan fingerprint density at radius 3 is 2.50 bits per heavy atom. The molecule has 0 unspecified atom stereocenters. The average molecular weight is 264 g/mol. The standard InChI is InChI=1S/C12H10ClN3O2/c1-12(2)10(17)15-11(18)16(12)7-4-5-9(14-3)8(13)6-7/h4-6H,1-2H3,(H,15,17,18). The first-order chi connectivity index (χ1) is 8.37. The summed E-state index contributed by atoms with van der Waals surface area (Å²) in [5.74, 6) is -0.363. The summed E-state index contributed by atoms with van der Waals surface area (Å²) in [7, 11) is 0. The number of rotatable bonds is 1. The van der Waals surface area contributed by atoms with Crippen molar-refractivity contribution in [1.29, 1.82) is 0 Å². The van der Waals surface area contributed by atoms with E-state index in [2.05, 4.69) is 10.2 Å². The molecule has 1 N–H and O–H groups in total. The number of benzene rings is 1. The molecule has 0 aliphatic carbocycles. The van der Waals surface area contributed by atoms with Gasteiger partial charge in [-0.3, -0.25) is 15.0 Å². The topological polar surface area (TPSA) is 53.8 Å². The fraction of sp³-hybridized carbons (Fsp3) is 0.250. The smallest absolute Gasteiger partial charge is 0.280 e. The fourth-order valence-corrected chi connectivity index (χ4v) is 2.04. The predicted octanol–water partition coefficient (Wildman–Crippen LogP) is 2.73. The number of nitrogens with zero attached hydrogens (tertiary/aromatic N) is 2. The third-order valence-electron chi connectivity index (χ3n) is 2.85. The Bertz CT molecular complexity index is 589. The first-order valence-corrected chi connectivity index (χ1v) is 5.58. The molecule has 1 saturated heterocycles. The normalized spacial score (nSPS) is 17.6. The number of imide groups is 1. The van der Waals surface area contributed by atoms with Crippen molar-refractivity contribution in [3.63, 3.8) is 0 Å². The molecule has 1 aliphatic rings. The zero-order valence-electron chi connectivity index (χ0n) is 9.82. The van der Waals surface area contributed by atoms with Gasteiger partial charge in [0.25, 0.3) is 5.91 Å². The van der Waals surface area contributed by atoms with E-state index in [0.717, 1.165) is 0 Å². The van der Waals surface area contributed by atoms with Gasteiger partial charge in [0, 0.05) is 10.7 Å². The van der Waals surface area contributed by atoms with Crippen LogP contribution in [0, 0.1) is 6.57 Å². The minimum atomic E-state index is -0.972. The first-order valence-electron chi connectivity index (χ1n) is 5.20. The number of halogens is 1. The Balaban J connectivity index is 2.50. The SMILES string of the molecule is [C-]#[N+]c1ccc(N2C(=O)NC(=O)C2(C)C)cc1Cl. The summed E-state index contributed by atoms with van der Waals surface area (Å²) in [4.78, 5) is 28.0. The van der Waals surface area contributed by atoms with E-state index in [0.29, 0.717) is 11.4 Å². The Morgan fingerprint density at radius 1 is 1.39 bits per heavy atom. The van der Waals surface area contributed by atoms with Crippen molar-refractivity contribution in [3.05, 3.63) is 34.6 Å². The molecule has 0 radical (unpaired) electrons. The highest BCUT2D eigenvalue weighted by molar-refractivity contribution is 6.33. The number of anilines is 1. The van der Waals surface area contributed by atoms with Gasteiger partial charge in [-0.2, -0.15) is 0 Å². The zero-order valence-corrected chi connectivity index (χ0v) is 10.6. The summed E-state index contributed by atoms with van der Waals surface area (Å²) in [6, 6.07) is 4.14. The monoisotopic (exact) mass is 263 g/mol. The summed E-state index contributed by atoms with van der Waals surface area (Å²) in [6.07, 6.45) is 0. The summed E-state index contributed by atoms with van der Waals surface area (Å²) in [5.41, 5.74) is -0.176. The van der Waals surface area contributed by atoms with Gasteiger partial charge in [-0.15, -0.1) is 0 Å². The van der Waals surface area contributed by atoms with Gasteiger partial charge in [0.05, 0.1) is 6.57 Å². The second kappa shape index (κ2) is 4.00. The molecule has 1 aromatic rings. The Labute approximate surface area is 109 Å². The van der Waals surface area contributed by atoms with Gasteiger partial charge in [-0.25, -0.2) is 9.64 Å². The molecule has 1 aliphatic heterocycles. The minimum Gasteiger partial charge on any atom is -0.280 e. The van der Waals surface area contributed by atoms with E-state index in [4.69, 9.17) is 18.2 Å². The predicted molar refractivity (Wildman–Crippen MR) is 67.8 cm³/mol. The van der Waals surface area contributed by atoms with E-state index in [1.165, 1.54) is 17.0 Å². The van der Waals surface area contributed by atoms with Crippen LogP contribution in [0.3, 0.4) is 0 Å². The molecule has 5 nitrogen and oxygen atoms in total. The van der Waals surface area contributed by atoms with E-state index in [-0.39, 0.29) is 10.9 Å². The first kappa shape index (κ1) is 12.4. The molecular formula is C12H10ClN3O2. The number of carbonyl (C=O) groups excluding carboxylic acids is 2. The molecule has 6 heteroatoms. The number of nitrogens with one attached hydrogen (secondary N) is 1. The van der Waals surface area contributed by atoms with Crippen LogP contribution >= 0.6 is 11.6 Å². The van der Waals surface area contributed by atoms with Gasteiger partial charge in [0.1, 0.15) is 5.54 Å². The van der Waals surface area contributed by atoms with Gasteiger partial charge in [0.15, 0.2) is 0 Å². The molecule has 18 heavy (non-hydrogen) atoms. The molecule has 0 bridgehead atoms. The van der Waals surface area contributed by atoms with Gasteiger partial charge < -0.3 is 0 Å². The summed E-state index contributed by atoms with van der Waals surface area (Å²) in [5, 5.41) is 2.50. The quantitative estimate of drug-likeness (QED) is 0.626. The molecular weight excluding hydrogens is 254 g/mol. The highest BCUT2D eigenvalue weighted by atomic mass is 35.5. The fourth-order valence-electron chi connectivity index (χ4n) is 1.83. The minimum absolute atomic E-state index is 0.255. The number of urea groups is 1. The van der Waals surface area contributed by atoms with Crippen LogP contribution in [0.5, 0.6) is 0 Å². The Morgan fingerprint density at radius 2 is 2.06 bits per heavy atom. The lowest BCUT2D eigenvalue weighted by molar-refractivity contribution is -0.122. The summed E-state index contributed by atoms with van der Waals surface area (Å²) >= 11 is 5.93. The van der Waals surface area contributed by atoms with E-state index in [1.54, 1.807) is 19.9 Å². The number of hydrogen-bond acceptors (Lipinski definition) is 2. The molecule has 0 atom stereocenters. The van der Waals surface area contributed by atoms with E-state index >= 15 is 0 Å². The van der Waals surface area contributed by atoms with Gasteiger partial charge in [-0.05, 0) is 26.0 Å². The van der Waals surface area contributed by atoms with Crippen molar-refractivity contribution in [1.82, 2.24) is 5.32 Å². The summed E-state index contributed by atoms with van der Waals surface area (Å²) in [6.45, 7) is 10.2. The highest BCUT2D eigenvalue weighted by Crippen LogP contribution is 2.34. The number of carbonyl (C=O) groups is 2. The van der Waals surface area contributed by atoms with E-state index < -0.39 is 11.6 Å². The van der Waals surface area contributed by atoms with Crippen LogP contribution in [0.4, 0.5) is 16.2 Å². The maximum absolute atomic E-state index is 11.8. The molecule has 3 amide bonds. The van der Waals surface area contributed by atoms with Crippen LogP contribution in [0.15, 0.2) is 18.2 Å². The van der Waals surface area contributed by atoms with Gasteiger partial charge in [0.2, 0.25) is 5.69 Å². The molecule has 0 saturated carbocycles. The van der Waals surface area contributed by atoms with E-state index in [9.17, 15) is 9.59 Å². The second-order valence-electron chi connectivity index (χ2n) is 4.40. The highest BCUT2D eigenvalue weighted by Gasteiger charge is 2.46. The molecule has 1 aromatic carbocycles. The van der Waals surface area contributed by atoms with Crippen LogP contribution in [-0.4, -0.2) is 17.5 Å². The lowest BCUT2D eigenvalue weighted by Crippen LogP contribution is -2.44. The van der Waals surface area contributed by atoms with Gasteiger partial charge >= 0.3 is 6.03 Å². The molecule has 1 heterocycles. The van der Waals surface area contributed by atoms with Crippen molar-refractivity contribution in [2.75, 3.05) is 4.90 Å². The van der Waals surface area contributed by atoms with Crippen molar-refractivity contribution in [2.45, 2.75) is 19.4 Å². The third kappa shape index (κ3) is 1.71. The van der Waals surface area contributed by atoms with Crippen molar-refractivity contribution in [2.24, 2.45) is 0 Å². The number of hydrogen-bond donors (Lipinski definition) is 1. The second-order valence-corrected chi connectivity index (χ2v) is 4.81. The molecule has 1 fully saturated rings. The lowest BCUT2D eigenvalue weighted by atomic mass is 10.0. The van der Waals surface area contributed by atoms with Crippen molar-refractivity contribution in [3.8, 4) is 0 Å². The van der Waals surface area contributed by atoms with Crippen LogP contribution in [0.1, 0.15) is 13.8 Å².